The molecule has 0 aromatic carbocycles. The van der Waals surface area contributed by atoms with Crippen LogP contribution in [0.2, 0.25) is 0 Å². The molecule has 2 aromatic heterocycles. The first kappa shape index (κ1) is 12.9. The van der Waals surface area contributed by atoms with Gasteiger partial charge in [-0.25, -0.2) is 14.3 Å². The van der Waals surface area contributed by atoms with Crippen LogP contribution in [0.1, 0.15) is 29.7 Å². The minimum absolute atomic E-state index is 0.0958. The third-order valence-electron chi connectivity index (χ3n) is 2.64. The van der Waals surface area contributed by atoms with E-state index in [4.69, 9.17) is 5.11 Å². The molecule has 0 spiro atoms. The number of carbonyl (C=O) groups is 2. The number of hydrogen-bond acceptors (Lipinski definition) is 5. The summed E-state index contributed by atoms with van der Waals surface area (Å²) in [5, 5.41) is 15.2. The minimum atomic E-state index is -1.09. The number of nitrogens with zero attached hydrogens (tertiary/aromatic N) is 4. The Morgan fingerprint density at radius 1 is 1.53 bits per heavy atom. The van der Waals surface area contributed by atoms with Gasteiger partial charge in [0.2, 0.25) is 5.82 Å². The highest BCUT2D eigenvalue weighted by molar-refractivity contribution is 5.93. The number of nitrogens with one attached hydrogen (secondary N) is 1. The van der Waals surface area contributed by atoms with Crippen LogP contribution < -0.4 is 5.32 Å². The van der Waals surface area contributed by atoms with Crippen molar-refractivity contribution in [2.24, 2.45) is 0 Å². The van der Waals surface area contributed by atoms with E-state index in [1.54, 1.807) is 26.1 Å². The highest BCUT2D eigenvalue weighted by Crippen LogP contribution is 2.02. The normalized spacial score (nSPS) is 12.3. The maximum atomic E-state index is 11.9. The van der Waals surface area contributed by atoms with E-state index in [1.807, 2.05) is 0 Å². The summed E-state index contributed by atoms with van der Waals surface area (Å²) in [5.74, 6) is -1.51. The lowest BCUT2D eigenvalue weighted by molar-refractivity contribution is -0.139. The van der Waals surface area contributed by atoms with E-state index in [0.717, 1.165) is 5.69 Å². The molecule has 1 amide bonds. The maximum Gasteiger partial charge on any atom is 0.326 e. The Morgan fingerprint density at radius 3 is 2.84 bits per heavy atom. The van der Waals surface area contributed by atoms with Gasteiger partial charge in [-0.15, -0.1) is 5.10 Å². The third kappa shape index (κ3) is 2.51. The first-order chi connectivity index (χ1) is 9.02. The van der Waals surface area contributed by atoms with E-state index in [0.29, 0.717) is 5.78 Å². The van der Waals surface area contributed by atoms with Gasteiger partial charge in [-0.2, -0.15) is 4.98 Å². The second-order valence-corrected chi connectivity index (χ2v) is 4.01. The van der Waals surface area contributed by atoms with E-state index in [9.17, 15) is 9.59 Å². The zero-order valence-electron chi connectivity index (χ0n) is 10.5. The molecule has 2 heterocycles. The molecule has 0 saturated carbocycles. The molecule has 0 aliphatic rings. The summed E-state index contributed by atoms with van der Waals surface area (Å²) in [6.07, 6.45) is 1.85. The fraction of sp³-hybridized carbons (Fsp3) is 0.364. The number of carboxylic acid groups (broad SMARTS) is 1. The summed E-state index contributed by atoms with van der Waals surface area (Å²) in [7, 11) is 0. The van der Waals surface area contributed by atoms with Gasteiger partial charge in [-0.1, -0.05) is 6.92 Å². The van der Waals surface area contributed by atoms with Gasteiger partial charge in [-0.05, 0) is 19.4 Å². The van der Waals surface area contributed by atoms with Crippen LogP contribution in [0.15, 0.2) is 12.3 Å². The van der Waals surface area contributed by atoms with Crippen LogP contribution in [0.4, 0.5) is 0 Å². The van der Waals surface area contributed by atoms with E-state index < -0.39 is 17.9 Å². The molecule has 8 heteroatoms. The zero-order valence-corrected chi connectivity index (χ0v) is 10.5. The quantitative estimate of drug-likeness (QED) is 0.805. The molecule has 19 heavy (non-hydrogen) atoms. The molecule has 1 unspecified atom stereocenters. The number of amides is 1. The van der Waals surface area contributed by atoms with Gasteiger partial charge in [-0.3, -0.25) is 4.79 Å². The maximum absolute atomic E-state index is 11.9. The fourth-order valence-corrected chi connectivity index (χ4v) is 1.56. The molecule has 0 aliphatic heterocycles. The number of aliphatic carboxylic acids is 1. The molecule has 8 nitrogen and oxygen atoms in total. The van der Waals surface area contributed by atoms with Gasteiger partial charge in [0.05, 0.1) is 0 Å². The SMILES string of the molecule is CCC(NC(=O)c1nc2nccc(C)n2n1)C(=O)O. The summed E-state index contributed by atoms with van der Waals surface area (Å²) in [4.78, 5) is 30.6. The topological polar surface area (TPSA) is 109 Å². The van der Waals surface area contributed by atoms with Gasteiger partial charge in [0, 0.05) is 11.9 Å². The standard InChI is InChI=1S/C11H13N5O3/c1-3-7(10(18)19)13-9(17)8-14-11-12-5-4-6(2)16(11)15-8/h4-5,7H,3H2,1-2H3,(H,13,17)(H,18,19). The Balaban J connectivity index is 2.27. The highest BCUT2D eigenvalue weighted by Gasteiger charge is 2.21. The molecular weight excluding hydrogens is 250 g/mol. The van der Waals surface area contributed by atoms with Gasteiger partial charge in [0.1, 0.15) is 6.04 Å². The molecule has 0 saturated heterocycles. The lowest BCUT2D eigenvalue weighted by Gasteiger charge is -2.09. The molecule has 2 N–H and O–H groups in total. The number of rotatable bonds is 4. The van der Waals surface area contributed by atoms with Crippen LogP contribution in [0.5, 0.6) is 0 Å². The number of carboxylic acids is 1. The summed E-state index contributed by atoms with van der Waals surface area (Å²) in [5.41, 5.74) is 0.779. The Labute approximate surface area is 108 Å². The molecule has 0 bridgehead atoms. The van der Waals surface area contributed by atoms with Gasteiger partial charge in [0.25, 0.3) is 11.7 Å². The van der Waals surface area contributed by atoms with E-state index in [1.165, 1.54) is 4.52 Å². The predicted molar refractivity (Wildman–Crippen MR) is 64.7 cm³/mol. The Morgan fingerprint density at radius 2 is 2.26 bits per heavy atom. The molecule has 0 radical (unpaired) electrons. The first-order valence-electron chi connectivity index (χ1n) is 5.75. The van der Waals surface area contributed by atoms with Gasteiger partial charge >= 0.3 is 5.97 Å². The fourth-order valence-electron chi connectivity index (χ4n) is 1.56. The second kappa shape index (κ2) is 5.01. The highest BCUT2D eigenvalue weighted by atomic mass is 16.4. The third-order valence-corrected chi connectivity index (χ3v) is 2.64. The zero-order chi connectivity index (χ0) is 14.0. The van der Waals surface area contributed by atoms with Gasteiger partial charge in [0.15, 0.2) is 0 Å². The van der Waals surface area contributed by atoms with E-state index in [-0.39, 0.29) is 12.2 Å². The van der Waals surface area contributed by atoms with Crippen molar-refractivity contribution in [2.75, 3.05) is 0 Å². The lowest BCUT2D eigenvalue weighted by atomic mass is 10.2. The number of fused-ring (bicyclic) bond motifs is 1. The van der Waals surface area contributed by atoms with Crippen molar-refractivity contribution in [3.05, 3.63) is 23.8 Å². The summed E-state index contributed by atoms with van der Waals surface area (Å²) < 4.78 is 1.43. The van der Waals surface area contributed by atoms with Crippen molar-refractivity contribution in [2.45, 2.75) is 26.3 Å². The van der Waals surface area contributed by atoms with Crippen molar-refractivity contribution in [3.63, 3.8) is 0 Å². The molecule has 0 fully saturated rings. The molecule has 1 atom stereocenters. The summed E-state index contributed by atoms with van der Waals surface area (Å²) >= 11 is 0. The number of hydrogen-bond donors (Lipinski definition) is 2. The van der Waals surface area contributed by atoms with E-state index >= 15 is 0 Å². The van der Waals surface area contributed by atoms with Crippen LogP contribution in [0.3, 0.4) is 0 Å². The molecule has 100 valence electrons. The van der Waals surface area contributed by atoms with Crippen LogP contribution >= 0.6 is 0 Å². The number of aromatic nitrogens is 4. The second-order valence-electron chi connectivity index (χ2n) is 4.01. The Hall–Kier alpha value is -2.51. The average molecular weight is 263 g/mol. The van der Waals surface area contributed by atoms with Gasteiger partial charge < -0.3 is 10.4 Å². The largest absolute Gasteiger partial charge is 0.480 e. The Bertz CT molecular complexity index is 636. The van der Waals surface area contributed by atoms with Crippen molar-refractivity contribution in [1.82, 2.24) is 24.9 Å². The molecule has 2 aromatic rings. The van der Waals surface area contributed by atoms with Crippen LogP contribution in [-0.2, 0) is 4.79 Å². The van der Waals surface area contributed by atoms with Crippen molar-refractivity contribution >= 4 is 17.7 Å². The van der Waals surface area contributed by atoms with Crippen LogP contribution in [0, 0.1) is 6.92 Å². The monoisotopic (exact) mass is 263 g/mol. The summed E-state index contributed by atoms with van der Waals surface area (Å²) in [6, 6.07) is 0.781. The predicted octanol–water partition coefficient (Wildman–Crippen LogP) is 0.0257. The van der Waals surface area contributed by atoms with Crippen molar-refractivity contribution < 1.29 is 14.7 Å². The minimum Gasteiger partial charge on any atom is -0.480 e. The van der Waals surface area contributed by atoms with E-state index in [2.05, 4.69) is 20.4 Å². The smallest absolute Gasteiger partial charge is 0.326 e. The lowest BCUT2D eigenvalue weighted by Crippen LogP contribution is -2.40. The molecular formula is C11H13N5O3. The summed E-state index contributed by atoms with van der Waals surface area (Å²) in [6.45, 7) is 3.47. The van der Waals surface area contributed by atoms with Crippen molar-refractivity contribution in [1.29, 1.82) is 0 Å². The Kier molecular flexibility index (Phi) is 3.41. The number of aryl methyl sites for hydroxylation is 1. The van der Waals surface area contributed by atoms with Crippen molar-refractivity contribution in [3.8, 4) is 0 Å². The molecule has 2 rings (SSSR count). The average Bonchev–Trinajstić information content (AvgIpc) is 2.80. The number of carbonyl (C=O) groups excluding carboxylic acids is 1. The van der Waals surface area contributed by atoms with Crippen LogP contribution in [0.25, 0.3) is 5.78 Å². The van der Waals surface area contributed by atoms with Crippen LogP contribution in [-0.4, -0.2) is 42.6 Å². The molecule has 0 aliphatic carbocycles. The first-order valence-corrected chi connectivity index (χ1v) is 5.75.